The molecule has 116 valence electrons. The Balaban J connectivity index is 1.80. The van der Waals surface area contributed by atoms with Crippen molar-refractivity contribution in [1.29, 1.82) is 0 Å². The zero-order chi connectivity index (χ0) is 14.9. The highest BCUT2D eigenvalue weighted by molar-refractivity contribution is 7.89. The quantitative estimate of drug-likeness (QED) is 0.915. The molecule has 2 aliphatic rings. The van der Waals surface area contributed by atoms with E-state index in [0.717, 1.165) is 38.3 Å². The lowest BCUT2D eigenvalue weighted by atomic mass is 9.91. The first-order chi connectivity index (χ1) is 10.1. The molecule has 1 aromatic rings. The van der Waals surface area contributed by atoms with Gasteiger partial charge in [0.2, 0.25) is 5.03 Å². The predicted octanol–water partition coefficient (Wildman–Crippen LogP) is 1.37. The summed E-state index contributed by atoms with van der Waals surface area (Å²) in [7, 11) is -3.84. The van der Waals surface area contributed by atoms with Gasteiger partial charge in [0.1, 0.15) is 0 Å². The van der Waals surface area contributed by atoms with Crippen molar-refractivity contribution >= 4 is 10.0 Å². The number of piperidine rings is 1. The van der Waals surface area contributed by atoms with Gasteiger partial charge < -0.3 is 5.32 Å². The predicted molar refractivity (Wildman–Crippen MR) is 76.7 cm³/mol. The van der Waals surface area contributed by atoms with Gasteiger partial charge in [-0.15, -0.1) is 0 Å². The van der Waals surface area contributed by atoms with E-state index in [-0.39, 0.29) is 0 Å². The molecule has 2 unspecified atom stereocenters. The Kier molecular flexibility index (Phi) is 4.24. The van der Waals surface area contributed by atoms with Gasteiger partial charge in [-0.1, -0.05) is 0 Å². The number of hydrogen-bond acceptors (Lipinski definition) is 4. The summed E-state index contributed by atoms with van der Waals surface area (Å²) < 4.78 is 40.3. The Labute approximate surface area is 124 Å². The fourth-order valence-electron chi connectivity index (χ4n) is 3.32. The van der Waals surface area contributed by atoms with E-state index in [1.807, 2.05) is 0 Å². The van der Waals surface area contributed by atoms with E-state index in [9.17, 15) is 12.8 Å². The molecule has 0 aromatic carbocycles. The van der Waals surface area contributed by atoms with Crippen LogP contribution in [0.15, 0.2) is 23.4 Å². The maximum absolute atomic E-state index is 13.8. The monoisotopic (exact) mass is 313 g/mol. The number of rotatable bonds is 3. The molecule has 3 rings (SSSR count). The van der Waals surface area contributed by atoms with Crippen molar-refractivity contribution in [1.82, 2.24) is 14.6 Å². The van der Waals surface area contributed by atoms with Gasteiger partial charge in [-0.05, 0) is 50.3 Å². The summed E-state index contributed by atoms with van der Waals surface area (Å²) in [4.78, 5) is 3.73. The zero-order valence-electron chi connectivity index (χ0n) is 11.8. The van der Waals surface area contributed by atoms with Crippen LogP contribution in [0.4, 0.5) is 4.39 Å². The third kappa shape index (κ3) is 2.95. The fourth-order valence-corrected chi connectivity index (χ4v) is 4.83. The van der Waals surface area contributed by atoms with Crippen molar-refractivity contribution in [3.63, 3.8) is 0 Å². The number of hydrogen-bond donors (Lipinski definition) is 1. The zero-order valence-corrected chi connectivity index (χ0v) is 12.7. The van der Waals surface area contributed by atoms with E-state index in [2.05, 4.69) is 10.3 Å². The lowest BCUT2D eigenvalue weighted by molar-refractivity contribution is 0.225. The second kappa shape index (κ2) is 5.98. The molecule has 0 amide bonds. The van der Waals surface area contributed by atoms with Crippen LogP contribution >= 0.6 is 0 Å². The third-order valence-electron chi connectivity index (χ3n) is 4.40. The van der Waals surface area contributed by atoms with Crippen molar-refractivity contribution in [2.24, 2.45) is 5.92 Å². The van der Waals surface area contributed by atoms with E-state index in [1.165, 1.54) is 16.6 Å². The third-order valence-corrected chi connectivity index (χ3v) is 6.20. The van der Waals surface area contributed by atoms with Gasteiger partial charge in [0.05, 0.1) is 0 Å². The summed E-state index contributed by atoms with van der Waals surface area (Å²) in [6.07, 6.45) is 5.39. The van der Waals surface area contributed by atoms with Crippen LogP contribution in [0.2, 0.25) is 0 Å². The van der Waals surface area contributed by atoms with Gasteiger partial charge in [-0.25, -0.2) is 17.8 Å². The van der Waals surface area contributed by atoms with Gasteiger partial charge in [0.15, 0.2) is 5.82 Å². The number of nitrogens with one attached hydrogen (secondary N) is 1. The molecule has 2 atom stereocenters. The maximum atomic E-state index is 13.8. The van der Waals surface area contributed by atoms with E-state index < -0.39 is 20.9 Å². The molecule has 0 spiro atoms. The van der Waals surface area contributed by atoms with Crippen LogP contribution in [0.25, 0.3) is 0 Å². The highest BCUT2D eigenvalue weighted by Gasteiger charge is 2.36. The molecule has 0 bridgehead atoms. The van der Waals surface area contributed by atoms with Crippen molar-refractivity contribution < 1.29 is 12.8 Å². The second-order valence-corrected chi connectivity index (χ2v) is 7.61. The van der Waals surface area contributed by atoms with Gasteiger partial charge in [-0.2, -0.15) is 4.31 Å². The van der Waals surface area contributed by atoms with Crippen LogP contribution in [0.3, 0.4) is 0 Å². The van der Waals surface area contributed by atoms with Crippen LogP contribution in [-0.2, 0) is 10.0 Å². The average molecular weight is 313 g/mol. The maximum Gasteiger partial charge on any atom is 0.263 e. The fraction of sp³-hybridized carbons (Fsp3) is 0.643. The Hall–Kier alpha value is -1.05. The molecule has 0 radical (unpaired) electrons. The molecule has 2 aliphatic heterocycles. The van der Waals surface area contributed by atoms with Crippen molar-refractivity contribution in [2.45, 2.75) is 36.8 Å². The summed E-state index contributed by atoms with van der Waals surface area (Å²) in [6.45, 7) is 1.90. The molecule has 1 N–H and O–H groups in total. The number of aromatic nitrogens is 1. The smallest absolute Gasteiger partial charge is 0.263 e. The number of halogens is 1. The lowest BCUT2D eigenvalue weighted by Gasteiger charge is -2.34. The summed E-state index contributed by atoms with van der Waals surface area (Å²) >= 11 is 0. The van der Waals surface area contributed by atoms with E-state index in [0.29, 0.717) is 25.0 Å². The topological polar surface area (TPSA) is 62.3 Å². The van der Waals surface area contributed by atoms with Gasteiger partial charge in [0.25, 0.3) is 10.0 Å². The molecular weight excluding hydrogens is 293 g/mol. The molecule has 2 fully saturated rings. The Morgan fingerprint density at radius 1 is 1.33 bits per heavy atom. The van der Waals surface area contributed by atoms with Crippen molar-refractivity contribution in [3.05, 3.63) is 24.1 Å². The summed E-state index contributed by atoms with van der Waals surface area (Å²) in [5.41, 5.74) is 0. The van der Waals surface area contributed by atoms with E-state index >= 15 is 0 Å². The molecule has 21 heavy (non-hydrogen) atoms. The second-order valence-electron chi connectivity index (χ2n) is 5.76. The summed E-state index contributed by atoms with van der Waals surface area (Å²) in [6, 6.07) is 2.92. The van der Waals surface area contributed by atoms with E-state index in [1.54, 1.807) is 0 Å². The van der Waals surface area contributed by atoms with Crippen molar-refractivity contribution in [2.75, 3.05) is 19.6 Å². The first-order valence-electron chi connectivity index (χ1n) is 7.43. The normalized spacial score (nSPS) is 27.9. The first-order valence-corrected chi connectivity index (χ1v) is 8.87. The molecule has 5 nitrogen and oxygen atoms in total. The van der Waals surface area contributed by atoms with Crippen molar-refractivity contribution in [3.8, 4) is 0 Å². The van der Waals surface area contributed by atoms with Crippen LogP contribution in [0, 0.1) is 11.7 Å². The first kappa shape index (κ1) is 14.9. The minimum Gasteiger partial charge on any atom is -0.314 e. The van der Waals surface area contributed by atoms with Crippen LogP contribution < -0.4 is 5.32 Å². The minimum atomic E-state index is -3.84. The Morgan fingerprint density at radius 2 is 2.19 bits per heavy atom. The molecule has 0 saturated carbocycles. The standard InChI is InChI=1S/C14H20FN3O2S/c15-12-5-1-8-17-14(12)21(19,20)18-9-3-4-11(10-18)13-6-2-7-16-13/h1,5,8,11,13,16H,2-4,6-7,9-10H2. The SMILES string of the molecule is O=S(=O)(c1ncccc1F)N1CCCC(C2CCCN2)C1. The molecular formula is C14H20FN3O2S. The van der Waals surface area contributed by atoms with Crippen LogP contribution in [0.1, 0.15) is 25.7 Å². The Bertz CT molecular complexity index is 602. The van der Waals surface area contributed by atoms with Gasteiger partial charge in [-0.3, -0.25) is 0 Å². The highest BCUT2D eigenvalue weighted by atomic mass is 32.2. The lowest BCUT2D eigenvalue weighted by Crippen LogP contribution is -2.46. The van der Waals surface area contributed by atoms with Crippen LogP contribution in [-0.4, -0.2) is 43.4 Å². The van der Waals surface area contributed by atoms with Crippen LogP contribution in [0.5, 0.6) is 0 Å². The van der Waals surface area contributed by atoms with Gasteiger partial charge >= 0.3 is 0 Å². The van der Waals surface area contributed by atoms with E-state index in [4.69, 9.17) is 0 Å². The molecule has 7 heteroatoms. The minimum absolute atomic E-state index is 0.308. The Morgan fingerprint density at radius 3 is 2.90 bits per heavy atom. The molecule has 2 saturated heterocycles. The summed E-state index contributed by atoms with van der Waals surface area (Å²) in [5, 5.41) is 2.98. The molecule has 3 heterocycles. The molecule has 1 aromatic heterocycles. The number of sulfonamides is 1. The highest BCUT2D eigenvalue weighted by Crippen LogP contribution is 2.28. The molecule has 0 aliphatic carbocycles. The average Bonchev–Trinajstić information content (AvgIpc) is 3.02. The van der Waals surface area contributed by atoms with Gasteiger partial charge in [0, 0.05) is 25.3 Å². The largest absolute Gasteiger partial charge is 0.314 e. The number of pyridine rings is 1. The summed E-state index contributed by atoms with van der Waals surface area (Å²) in [5.74, 6) is -0.471. The number of nitrogens with zero attached hydrogens (tertiary/aromatic N) is 2.